The van der Waals surface area contributed by atoms with Gasteiger partial charge in [0.15, 0.2) is 5.65 Å². The van der Waals surface area contributed by atoms with Crippen molar-refractivity contribution in [2.75, 3.05) is 32.5 Å². The fourth-order valence-electron chi connectivity index (χ4n) is 4.54. The van der Waals surface area contributed by atoms with E-state index in [0.717, 1.165) is 31.6 Å². The van der Waals surface area contributed by atoms with Crippen molar-refractivity contribution < 1.29 is 18.0 Å². The fourth-order valence-corrected chi connectivity index (χ4v) is 4.54. The van der Waals surface area contributed by atoms with Crippen LogP contribution in [0.1, 0.15) is 39.2 Å². The van der Waals surface area contributed by atoms with Crippen LogP contribution in [-0.2, 0) is 12.7 Å². The molecule has 0 spiro atoms. The van der Waals surface area contributed by atoms with Crippen LogP contribution in [0.3, 0.4) is 0 Å². The number of carbonyl (C=O) groups is 1. The Labute approximate surface area is 223 Å². The highest BCUT2D eigenvalue weighted by molar-refractivity contribution is 6.04. The van der Waals surface area contributed by atoms with Gasteiger partial charge in [0, 0.05) is 55.5 Å². The summed E-state index contributed by atoms with van der Waals surface area (Å²) in [5.41, 5.74) is 1.59. The molecule has 11 heteroatoms. The van der Waals surface area contributed by atoms with E-state index in [2.05, 4.69) is 42.0 Å². The molecule has 1 N–H and O–H groups in total. The Morgan fingerprint density at radius 3 is 2.77 bits per heavy atom. The fraction of sp³-hybridized carbons (Fsp3) is 0.286. The molecule has 1 amide bonds. The van der Waals surface area contributed by atoms with Crippen LogP contribution in [0, 0.1) is 11.8 Å². The molecule has 0 unspecified atom stereocenters. The Balaban J connectivity index is 1.34. The molecule has 1 atom stereocenters. The maximum Gasteiger partial charge on any atom is 0.416 e. The summed E-state index contributed by atoms with van der Waals surface area (Å²) in [5, 5.41) is 6.81. The number of hydrogen-bond donors (Lipinski definition) is 1. The van der Waals surface area contributed by atoms with Gasteiger partial charge in [-0.25, -0.2) is 9.50 Å². The van der Waals surface area contributed by atoms with Crippen molar-refractivity contribution >= 4 is 17.2 Å². The van der Waals surface area contributed by atoms with Crippen LogP contribution < -0.4 is 5.32 Å². The van der Waals surface area contributed by atoms with E-state index < -0.39 is 17.6 Å². The molecule has 8 nitrogen and oxygen atoms in total. The third kappa shape index (κ3) is 6.25. The van der Waals surface area contributed by atoms with E-state index in [-0.39, 0.29) is 11.3 Å². The highest BCUT2D eigenvalue weighted by atomic mass is 19.4. The third-order valence-electron chi connectivity index (χ3n) is 6.58. The molecule has 1 aliphatic heterocycles. The Bertz CT molecular complexity index is 1570. The van der Waals surface area contributed by atoms with E-state index in [4.69, 9.17) is 0 Å². The minimum Gasteiger partial charge on any atom is -0.322 e. The van der Waals surface area contributed by atoms with Crippen molar-refractivity contribution in [1.29, 1.82) is 0 Å². The standard InChI is InChI=1S/C28H26F3N7O/c1-36(2)25-7-9-37(18-25)17-20-11-22(28(29,30)31)13-23(12-20)35-27(39)21-10-19(14-32-15-21)5-6-24-16-33-26-4-3-8-34-38(24)26/h3-4,8,10-16,25H,7,9,17-18H2,1-2H3,(H,35,39)/t25-/m1/s1. The van der Waals surface area contributed by atoms with Gasteiger partial charge in [-0.05, 0) is 68.4 Å². The molecule has 1 aliphatic rings. The largest absolute Gasteiger partial charge is 0.416 e. The zero-order valence-corrected chi connectivity index (χ0v) is 21.4. The lowest BCUT2D eigenvalue weighted by atomic mass is 10.1. The summed E-state index contributed by atoms with van der Waals surface area (Å²) in [6, 6.07) is 9.15. The molecule has 1 fully saturated rings. The summed E-state index contributed by atoms with van der Waals surface area (Å²) < 4.78 is 42.6. The highest BCUT2D eigenvalue weighted by Crippen LogP contribution is 2.33. The first-order valence-corrected chi connectivity index (χ1v) is 12.3. The van der Waals surface area contributed by atoms with Crippen LogP contribution in [0.5, 0.6) is 0 Å². The van der Waals surface area contributed by atoms with Gasteiger partial charge >= 0.3 is 6.18 Å². The number of hydrogen-bond acceptors (Lipinski definition) is 6. The predicted octanol–water partition coefficient (Wildman–Crippen LogP) is 3.93. The van der Waals surface area contributed by atoms with Crippen LogP contribution in [-0.4, -0.2) is 68.5 Å². The van der Waals surface area contributed by atoms with Gasteiger partial charge in [0.25, 0.3) is 5.91 Å². The number of halogens is 3. The topological polar surface area (TPSA) is 78.7 Å². The number of carbonyl (C=O) groups excluding carboxylic acids is 1. The Morgan fingerprint density at radius 1 is 1.15 bits per heavy atom. The quantitative estimate of drug-likeness (QED) is 0.392. The smallest absolute Gasteiger partial charge is 0.322 e. The molecular formula is C28H26F3N7O. The molecule has 0 saturated carbocycles. The number of aromatic nitrogens is 4. The number of amides is 1. The van der Waals surface area contributed by atoms with Gasteiger partial charge in [-0.1, -0.05) is 5.92 Å². The molecule has 5 rings (SSSR count). The number of anilines is 1. The summed E-state index contributed by atoms with van der Waals surface area (Å²) in [4.78, 5) is 25.5. The molecule has 0 aliphatic carbocycles. The molecule has 4 heterocycles. The number of alkyl halides is 3. The summed E-state index contributed by atoms with van der Waals surface area (Å²) in [6.45, 7) is 1.93. The van der Waals surface area contributed by atoms with E-state index in [1.165, 1.54) is 18.5 Å². The van der Waals surface area contributed by atoms with Gasteiger partial charge in [0.2, 0.25) is 0 Å². The van der Waals surface area contributed by atoms with E-state index in [1.54, 1.807) is 35.1 Å². The number of likely N-dealkylation sites (N-methyl/N-ethyl adjacent to an activating group) is 1. The number of benzene rings is 1. The van der Waals surface area contributed by atoms with Crippen LogP contribution >= 0.6 is 0 Å². The van der Waals surface area contributed by atoms with Crippen LogP contribution in [0.15, 0.2) is 61.2 Å². The number of pyridine rings is 1. The molecule has 1 saturated heterocycles. The Morgan fingerprint density at radius 2 is 2.00 bits per heavy atom. The van der Waals surface area contributed by atoms with Crippen molar-refractivity contribution in [1.82, 2.24) is 29.4 Å². The number of imidazole rings is 1. The summed E-state index contributed by atoms with van der Waals surface area (Å²) in [6.07, 6.45) is 2.47. The summed E-state index contributed by atoms with van der Waals surface area (Å²) >= 11 is 0. The summed E-state index contributed by atoms with van der Waals surface area (Å²) in [7, 11) is 4.00. The van der Waals surface area contributed by atoms with Crippen LogP contribution in [0.2, 0.25) is 0 Å². The number of nitrogens with one attached hydrogen (secondary N) is 1. The zero-order chi connectivity index (χ0) is 27.6. The van der Waals surface area contributed by atoms with Crippen molar-refractivity contribution in [2.24, 2.45) is 0 Å². The molecule has 3 aromatic heterocycles. The molecule has 4 aromatic rings. The molecule has 39 heavy (non-hydrogen) atoms. The van der Waals surface area contributed by atoms with Gasteiger partial charge < -0.3 is 10.2 Å². The Kier molecular flexibility index (Phi) is 7.32. The average Bonchev–Trinajstić information content (AvgIpc) is 3.54. The first-order chi connectivity index (χ1) is 18.7. The molecule has 0 bridgehead atoms. The van der Waals surface area contributed by atoms with Gasteiger partial charge in [-0.3, -0.25) is 14.7 Å². The SMILES string of the molecule is CN(C)[C@@H]1CCN(Cc2cc(NC(=O)c3cncc(C#Cc4cnc5cccnn45)c3)cc(C(F)(F)F)c2)C1. The third-order valence-corrected chi connectivity index (χ3v) is 6.58. The zero-order valence-electron chi connectivity index (χ0n) is 21.4. The molecule has 1 aromatic carbocycles. The van der Waals surface area contributed by atoms with E-state index in [1.807, 2.05) is 14.1 Å². The predicted molar refractivity (Wildman–Crippen MR) is 140 cm³/mol. The van der Waals surface area contributed by atoms with Gasteiger partial charge in [-0.2, -0.15) is 18.3 Å². The second-order valence-corrected chi connectivity index (χ2v) is 9.66. The van der Waals surface area contributed by atoms with Crippen molar-refractivity contribution in [3.8, 4) is 11.8 Å². The average molecular weight is 534 g/mol. The van der Waals surface area contributed by atoms with Gasteiger partial charge in [0.1, 0.15) is 5.69 Å². The second kappa shape index (κ2) is 10.8. The van der Waals surface area contributed by atoms with E-state index >= 15 is 0 Å². The lowest BCUT2D eigenvalue weighted by Crippen LogP contribution is -2.31. The lowest BCUT2D eigenvalue weighted by Gasteiger charge is -2.21. The maximum atomic E-state index is 13.7. The van der Waals surface area contributed by atoms with E-state index in [9.17, 15) is 18.0 Å². The second-order valence-electron chi connectivity index (χ2n) is 9.66. The van der Waals surface area contributed by atoms with E-state index in [0.29, 0.717) is 35.1 Å². The molecular weight excluding hydrogens is 507 g/mol. The van der Waals surface area contributed by atoms with Crippen molar-refractivity contribution in [3.63, 3.8) is 0 Å². The lowest BCUT2D eigenvalue weighted by molar-refractivity contribution is -0.137. The normalized spacial score (nSPS) is 15.9. The molecule has 0 radical (unpaired) electrons. The van der Waals surface area contributed by atoms with Crippen LogP contribution in [0.25, 0.3) is 5.65 Å². The number of likely N-dealkylation sites (tertiary alicyclic amines) is 1. The molecule has 200 valence electrons. The number of fused-ring (bicyclic) bond motifs is 1. The first-order valence-electron chi connectivity index (χ1n) is 12.3. The highest BCUT2D eigenvalue weighted by Gasteiger charge is 2.32. The monoisotopic (exact) mass is 533 g/mol. The number of rotatable bonds is 5. The van der Waals surface area contributed by atoms with Crippen molar-refractivity contribution in [3.05, 3.63) is 89.1 Å². The maximum absolute atomic E-state index is 13.7. The first kappa shape index (κ1) is 26.3. The van der Waals surface area contributed by atoms with Gasteiger partial charge in [0.05, 0.1) is 17.3 Å². The summed E-state index contributed by atoms with van der Waals surface area (Å²) in [5.74, 6) is 5.31. The Hall–Kier alpha value is -4.27. The van der Waals surface area contributed by atoms with Crippen molar-refractivity contribution in [2.45, 2.75) is 25.2 Å². The minimum atomic E-state index is -4.55. The van der Waals surface area contributed by atoms with Gasteiger partial charge in [-0.15, -0.1) is 0 Å². The number of nitrogens with zero attached hydrogens (tertiary/aromatic N) is 6. The minimum absolute atomic E-state index is 0.0708. The van der Waals surface area contributed by atoms with Crippen LogP contribution in [0.4, 0.5) is 18.9 Å².